The van der Waals surface area contributed by atoms with Gasteiger partial charge in [-0.2, -0.15) is 0 Å². The number of thiophene rings is 1. The Labute approximate surface area is 242 Å². The minimum Gasteiger partial charge on any atom is -0.495 e. The average molecular weight is 575 g/mol. The quantitative estimate of drug-likeness (QED) is 0.125. The smallest absolute Gasteiger partial charge is 0.309 e. The van der Waals surface area contributed by atoms with Gasteiger partial charge in [0.25, 0.3) is 0 Å². The molecule has 2 aromatic heterocycles. The molecule has 0 aliphatic carbocycles. The molecule has 1 aromatic carbocycles. The number of aliphatic hydroxyl groups excluding tert-OH is 1. The van der Waals surface area contributed by atoms with E-state index in [0.717, 1.165) is 45.1 Å². The van der Waals surface area contributed by atoms with Crippen molar-refractivity contribution in [2.75, 3.05) is 19.5 Å². The van der Waals surface area contributed by atoms with Crippen LogP contribution in [0.1, 0.15) is 79.0 Å². The number of ether oxygens (including phenoxy) is 2. The first-order chi connectivity index (χ1) is 18.3. The fourth-order valence-electron chi connectivity index (χ4n) is 4.51. The van der Waals surface area contributed by atoms with Crippen LogP contribution in [0.2, 0.25) is 0 Å². The van der Waals surface area contributed by atoms with Gasteiger partial charge in [0.15, 0.2) is 0 Å². The average Bonchev–Trinajstić information content (AvgIpc) is 3.47. The number of hydrogen-bond donors (Lipinski definition) is 1. The number of fused-ring (bicyclic) bond motifs is 1. The molecule has 0 saturated carbocycles. The normalized spacial score (nSPS) is 14.0. The van der Waals surface area contributed by atoms with Gasteiger partial charge in [0.2, 0.25) is 0 Å². The van der Waals surface area contributed by atoms with Gasteiger partial charge in [0.05, 0.1) is 19.1 Å². The summed E-state index contributed by atoms with van der Waals surface area (Å²) in [7, 11) is 1.70. The van der Waals surface area contributed by atoms with E-state index in [1.54, 1.807) is 18.4 Å². The SMILES string of the molecule is CCCCCc1cc(OC)c(-c2cc3ccc(SCC(O)COC(=O)C(CC(C)(C)C)C(C)(C)C)cc3o2)s1. The standard InChI is InChI=1S/C32H46O5S2/c1-9-10-11-12-24-17-27(35-8)29(39-24)28-15-21-13-14-23(16-26(21)37-28)38-20-22(33)19-36-30(34)25(32(5,6)7)18-31(2,3)4/h13-17,22,25,33H,9-12,18-20H2,1-8H3. The topological polar surface area (TPSA) is 68.9 Å². The van der Waals surface area contributed by atoms with Gasteiger partial charge in [-0.15, -0.1) is 23.1 Å². The van der Waals surface area contributed by atoms with Crippen molar-refractivity contribution < 1.29 is 23.8 Å². The molecular formula is C32H46O5S2. The van der Waals surface area contributed by atoms with Crippen molar-refractivity contribution in [1.82, 2.24) is 0 Å². The third-order valence-corrected chi connectivity index (χ3v) is 9.05. The summed E-state index contributed by atoms with van der Waals surface area (Å²) in [6.45, 7) is 14.8. The monoisotopic (exact) mass is 574 g/mol. The van der Waals surface area contributed by atoms with Crippen LogP contribution in [-0.4, -0.2) is 36.6 Å². The van der Waals surface area contributed by atoms with E-state index in [4.69, 9.17) is 13.9 Å². The predicted molar refractivity (Wildman–Crippen MR) is 164 cm³/mol. The second-order valence-corrected chi connectivity index (χ2v) is 14.9. The summed E-state index contributed by atoms with van der Waals surface area (Å²) in [5, 5.41) is 11.6. The molecule has 0 saturated heterocycles. The summed E-state index contributed by atoms with van der Waals surface area (Å²) in [5.41, 5.74) is 0.612. The Morgan fingerprint density at radius 3 is 2.49 bits per heavy atom. The maximum Gasteiger partial charge on any atom is 0.309 e. The van der Waals surface area contributed by atoms with Gasteiger partial charge in [-0.05, 0) is 60.4 Å². The van der Waals surface area contributed by atoms with Crippen LogP contribution in [0.3, 0.4) is 0 Å². The number of unbranched alkanes of at least 4 members (excludes halogenated alkanes) is 2. The van der Waals surface area contributed by atoms with E-state index in [9.17, 15) is 9.90 Å². The van der Waals surface area contributed by atoms with Crippen LogP contribution in [0, 0.1) is 16.7 Å². The lowest BCUT2D eigenvalue weighted by atomic mass is 9.72. The van der Waals surface area contributed by atoms with Crippen LogP contribution in [0.25, 0.3) is 21.6 Å². The summed E-state index contributed by atoms with van der Waals surface area (Å²) in [6.07, 6.45) is 4.66. The van der Waals surface area contributed by atoms with Gasteiger partial charge in [-0.1, -0.05) is 61.3 Å². The molecule has 0 aliphatic rings. The van der Waals surface area contributed by atoms with E-state index < -0.39 is 6.10 Å². The molecular weight excluding hydrogens is 528 g/mol. The molecule has 2 atom stereocenters. The molecule has 7 heteroatoms. The highest BCUT2D eigenvalue weighted by atomic mass is 32.2. The number of carbonyl (C=O) groups excluding carboxylic acids is 1. The van der Waals surface area contributed by atoms with Gasteiger partial charge < -0.3 is 19.0 Å². The first-order valence-corrected chi connectivity index (χ1v) is 15.8. The second-order valence-electron chi connectivity index (χ2n) is 12.7. The molecule has 0 spiro atoms. The molecule has 39 heavy (non-hydrogen) atoms. The van der Waals surface area contributed by atoms with E-state index in [1.807, 2.05) is 18.2 Å². The third kappa shape index (κ3) is 9.29. The lowest BCUT2D eigenvalue weighted by Gasteiger charge is -2.34. The Balaban J connectivity index is 1.60. The summed E-state index contributed by atoms with van der Waals surface area (Å²) in [4.78, 5) is 16.2. The number of benzene rings is 1. The Hall–Kier alpha value is -1.96. The van der Waals surface area contributed by atoms with E-state index in [0.29, 0.717) is 5.75 Å². The van der Waals surface area contributed by atoms with Crippen LogP contribution in [0.15, 0.2) is 39.6 Å². The Bertz CT molecular complexity index is 1210. The number of hydrogen-bond acceptors (Lipinski definition) is 7. The van der Waals surface area contributed by atoms with E-state index in [-0.39, 0.29) is 29.3 Å². The van der Waals surface area contributed by atoms with Gasteiger partial charge in [-0.3, -0.25) is 4.79 Å². The zero-order chi connectivity index (χ0) is 28.8. The van der Waals surface area contributed by atoms with Crippen LogP contribution >= 0.6 is 23.1 Å². The number of carbonyl (C=O) groups is 1. The van der Waals surface area contributed by atoms with Crippen LogP contribution < -0.4 is 4.74 Å². The highest BCUT2D eigenvalue weighted by Crippen LogP contribution is 2.42. The minimum atomic E-state index is -0.751. The number of furan rings is 1. The minimum absolute atomic E-state index is 0.00549. The van der Waals surface area contributed by atoms with Crippen molar-refractivity contribution in [3.63, 3.8) is 0 Å². The fraction of sp³-hybridized carbons (Fsp3) is 0.594. The molecule has 0 fully saturated rings. The molecule has 216 valence electrons. The molecule has 3 rings (SSSR count). The molecule has 0 radical (unpaired) electrons. The Kier molecular flexibility index (Phi) is 11.0. The third-order valence-electron chi connectivity index (χ3n) is 6.72. The van der Waals surface area contributed by atoms with Crippen LogP contribution in [0.4, 0.5) is 0 Å². The van der Waals surface area contributed by atoms with E-state index >= 15 is 0 Å². The van der Waals surface area contributed by atoms with Gasteiger partial charge >= 0.3 is 5.97 Å². The van der Waals surface area contributed by atoms with Gasteiger partial charge in [-0.25, -0.2) is 0 Å². The molecule has 2 heterocycles. The first kappa shape index (κ1) is 31.6. The van der Waals surface area contributed by atoms with E-state index in [1.165, 1.54) is 35.9 Å². The van der Waals surface area contributed by atoms with Gasteiger partial charge in [0.1, 0.15) is 28.6 Å². The lowest BCUT2D eigenvalue weighted by Crippen LogP contribution is -2.35. The lowest BCUT2D eigenvalue weighted by molar-refractivity contribution is -0.156. The van der Waals surface area contributed by atoms with Gasteiger partial charge in [0, 0.05) is 20.9 Å². The van der Waals surface area contributed by atoms with Crippen molar-refractivity contribution in [3.8, 4) is 16.4 Å². The summed E-state index contributed by atoms with van der Waals surface area (Å²) >= 11 is 3.26. The number of thioether (sulfide) groups is 1. The van der Waals surface area contributed by atoms with Crippen molar-refractivity contribution in [3.05, 3.63) is 35.2 Å². The zero-order valence-electron chi connectivity index (χ0n) is 24.9. The zero-order valence-corrected chi connectivity index (χ0v) is 26.5. The van der Waals surface area contributed by atoms with Crippen LogP contribution in [-0.2, 0) is 16.0 Å². The first-order valence-electron chi connectivity index (χ1n) is 14.0. The van der Waals surface area contributed by atoms with Crippen molar-refractivity contribution >= 4 is 40.0 Å². The number of aryl methyl sites for hydroxylation is 1. The van der Waals surface area contributed by atoms with E-state index in [2.05, 4.69) is 60.6 Å². The maximum absolute atomic E-state index is 12.9. The Morgan fingerprint density at radius 1 is 1.10 bits per heavy atom. The predicted octanol–water partition coefficient (Wildman–Crippen LogP) is 9.00. The fourth-order valence-corrected chi connectivity index (χ4v) is 6.46. The number of aliphatic hydroxyl groups is 1. The van der Waals surface area contributed by atoms with Crippen molar-refractivity contribution in [2.45, 2.75) is 91.6 Å². The molecule has 0 bridgehead atoms. The molecule has 0 aliphatic heterocycles. The number of esters is 1. The van der Waals surface area contributed by atoms with Crippen molar-refractivity contribution in [1.29, 1.82) is 0 Å². The summed E-state index contributed by atoms with van der Waals surface area (Å²) in [6, 6.07) is 10.3. The molecule has 3 aromatic rings. The highest BCUT2D eigenvalue weighted by Gasteiger charge is 2.36. The van der Waals surface area contributed by atoms with Crippen molar-refractivity contribution in [2.24, 2.45) is 16.7 Å². The number of rotatable bonds is 13. The second kappa shape index (κ2) is 13.6. The highest BCUT2D eigenvalue weighted by molar-refractivity contribution is 7.99. The molecule has 5 nitrogen and oxygen atoms in total. The summed E-state index contributed by atoms with van der Waals surface area (Å²) in [5.74, 6) is 1.64. The maximum atomic E-state index is 12.9. The molecule has 0 amide bonds. The van der Waals surface area contributed by atoms with Crippen LogP contribution in [0.5, 0.6) is 5.75 Å². The Morgan fingerprint density at radius 2 is 1.85 bits per heavy atom. The number of methoxy groups -OCH3 is 1. The largest absolute Gasteiger partial charge is 0.495 e. The molecule has 1 N–H and O–H groups in total. The molecule has 2 unspecified atom stereocenters. The summed E-state index contributed by atoms with van der Waals surface area (Å²) < 4.78 is 17.5.